The molecule has 0 saturated heterocycles. The molecule has 0 spiro atoms. The van der Waals surface area contributed by atoms with E-state index in [0.717, 1.165) is 0 Å². The first-order chi connectivity index (χ1) is 7.22. The van der Waals surface area contributed by atoms with Crippen LogP contribution in [0, 0.1) is 12.1 Å². The van der Waals surface area contributed by atoms with Gasteiger partial charge < -0.3 is 14.4 Å². The summed E-state index contributed by atoms with van der Waals surface area (Å²) in [6.45, 7) is 1.75. The van der Waals surface area contributed by atoms with Crippen LogP contribution < -0.4 is 4.90 Å². The van der Waals surface area contributed by atoms with E-state index >= 15 is 0 Å². The van der Waals surface area contributed by atoms with E-state index in [2.05, 4.69) is 20.0 Å². The summed E-state index contributed by atoms with van der Waals surface area (Å²) in [5.41, 5.74) is 0.502. The zero-order valence-corrected chi connectivity index (χ0v) is 8.13. The first-order valence-electron chi connectivity index (χ1n) is 4.10. The number of hydrogen-bond acceptors (Lipinski definition) is 7. The number of hydrogen-bond donors (Lipinski definition) is 0. The molecule has 0 aliphatic heterocycles. The Hall–Kier alpha value is -1.96. The van der Waals surface area contributed by atoms with Gasteiger partial charge in [0, 0.05) is 14.0 Å². The third kappa shape index (κ3) is 1.66. The smallest absolute Gasteiger partial charge is 0.307 e. The number of rotatable bonds is 3. The minimum Gasteiger partial charge on any atom is -0.415 e. The van der Waals surface area contributed by atoms with Gasteiger partial charge in [0.1, 0.15) is 6.61 Å². The average Bonchev–Trinajstić information content (AvgIpc) is 2.77. The lowest BCUT2D eigenvalue weighted by Gasteiger charge is -1.88. The van der Waals surface area contributed by atoms with Crippen LogP contribution >= 0.6 is 0 Å². The van der Waals surface area contributed by atoms with Gasteiger partial charge in [-0.05, 0) is 4.90 Å². The van der Waals surface area contributed by atoms with Crippen LogP contribution in [0.2, 0.25) is 0 Å². The van der Waals surface area contributed by atoms with E-state index in [1.165, 1.54) is 7.11 Å². The second-order valence-corrected chi connectivity index (χ2v) is 2.80. The predicted octanol–water partition coefficient (Wildman–Crippen LogP) is -0.187. The summed E-state index contributed by atoms with van der Waals surface area (Å²) in [5, 5.41) is 21.8. The first-order valence-corrected chi connectivity index (χ1v) is 4.10. The van der Waals surface area contributed by atoms with Crippen LogP contribution in [0.4, 0.5) is 0 Å². The molecule has 0 aliphatic carbocycles. The molecule has 0 atom stereocenters. The first kappa shape index (κ1) is 9.59. The van der Waals surface area contributed by atoms with Crippen molar-refractivity contribution in [2.24, 2.45) is 0 Å². The Bertz CT molecular complexity index is 463. The minimum atomic E-state index is 0.137. The van der Waals surface area contributed by atoms with Gasteiger partial charge in [-0.25, -0.2) is 0 Å². The second kappa shape index (κ2) is 3.65. The fourth-order valence-corrected chi connectivity index (χ4v) is 1.02. The summed E-state index contributed by atoms with van der Waals surface area (Å²) in [6.07, 6.45) is 0. The van der Waals surface area contributed by atoms with Crippen LogP contribution in [-0.4, -0.2) is 22.5 Å². The van der Waals surface area contributed by atoms with Gasteiger partial charge >= 0.3 is 5.69 Å². The molecule has 2 rings (SSSR count). The lowest BCUT2D eigenvalue weighted by atomic mass is 10.3. The van der Waals surface area contributed by atoms with E-state index in [9.17, 15) is 5.21 Å². The highest BCUT2D eigenvalue weighted by atomic mass is 16.8. The quantitative estimate of drug-likeness (QED) is 0.650. The molecule has 0 N–H and O–H groups in total. The summed E-state index contributed by atoms with van der Waals surface area (Å²) >= 11 is 0. The zero-order valence-electron chi connectivity index (χ0n) is 8.13. The summed E-state index contributed by atoms with van der Waals surface area (Å²) < 4.78 is 14.4. The molecule has 8 nitrogen and oxygen atoms in total. The summed E-state index contributed by atoms with van der Waals surface area (Å²) in [7, 11) is 1.51. The lowest BCUT2D eigenvalue weighted by Crippen LogP contribution is -2.25. The van der Waals surface area contributed by atoms with Gasteiger partial charge in [0.05, 0.1) is 5.16 Å². The maximum Gasteiger partial charge on any atom is 0.307 e. The molecule has 0 radical (unpaired) electrons. The van der Waals surface area contributed by atoms with Gasteiger partial charge in [-0.15, -0.1) is 10.2 Å². The van der Waals surface area contributed by atoms with Gasteiger partial charge in [-0.3, -0.25) is 4.63 Å². The maximum atomic E-state index is 10.9. The van der Waals surface area contributed by atoms with Crippen LogP contribution in [0.3, 0.4) is 0 Å². The second-order valence-electron chi connectivity index (χ2n) is 2.80. The molecule has 0 aliphatic rings. The summed E-state index contributed by atoms with van der Waals surface area (Å²) in [5.74, 6) is 0.449. The Kier molecular flexibility index (Phi) is 2.34. The molecule has 0 bridgehead atoms. The van der Waals surface area contributed by atoms with E-state index in [1.54, 1.807) is 6.92 Å². The topological polar surface area (TPSA) is 101 Å². The van der Waals surface area contributed by atoms with Crippen molar-refractivity contribution in [3.05, 3.63) is 16.8 Å². The zero-order chi connectivity index (χ0) is 10.8. The van der Waals surface area contributed by atoms with Crippen LogP contribution in [0.5, 0.6) is 0 Å². The molecule has 0 amide bonds. The Labute approximate surface area is 84.0 Å². The van der Waals surface area contributed by atoms with Crippen LogP contribution in [-0.2, 0) is 11.3 Å². The van der Waals surface area contributed by atoms with E-state index in [0.29, 0.717) is 5.89 Å². The van der Waals surface area contributed by atoms with Crippen molar-refractivity contribution in [1.82, 2.24) is 15.4 Å². The number of nitrogens with zero attached hydrogens (tertiary/aromatic N) is 4. The maximum absolute atomic E-state index is 10.9. The number of ether oxygens (including phenoxy) is 1. The molecule has 0 saturated carbocycles. The normalized spacial score (nSPS) is 10.8. The Morgan fingerprint density at radius 2 is 2.27 bits per heavy atom. The van der Waals surface area contributed by atoms with Gasteiger partial charge in [0.25, 0.3) is 5.89 Å². The third-order valence-corrected chi connectivity index (χ3v) is 1.76. The molecular formula is C7H8N4O4. The molecular weight excluding hydrogens is 204 g/mol. The van der Waals surface area contributed by atoms with Crippen molar-refractivity contribution in [2.75, 3.05) is 7.11 Å². The molecule has 8 heteroatoms. The molecule has 80 valence electrons. The third-order valence-electron chi connectivity index (χ3n) is 1.76. The molecule has 2 aromatic heterocycles. The fourth-order valence-electron chi connectivity index (χ4n) is 1.02. The minimum absolute atomic E-state index is 0.137. The molecule has 2 aromatic rings. The van der Waals surface area contributed by atoms with Crippen molar-refractivity contribution in [1.29, 1.82) is 0 Å². The standard InChI is InChI=1S/C7H8N4O4/c1-4-6(10-15-11(4)12)7-9-8-5(14-7)3-13-2/h3H2,1-2H3. The highest BCUT2D eigenvalue weighted by Crippen LogP contribution is 2.17. The number of aromatic nitrogens is 4. The van der Waals surface area contributed by atoms with Crippen LogP contribution in [0.1, 0.15) is 11.6 Å². The van der Waals surface area contributed by atoms with Gasteiger partial charge in [0.2, 0.25) is 11.6 Å². The van der Waals surface area contributed by atoms with Crippen LogP contribution in [0.25, 0.3) is 11.6 Å². The lowest BCUT2D eigenvalue weighted by molar-refractivity contribution is -0.806. The van der Waals surface area contributed by atoms with Gasteiger partial charge in [-0.1, -0.05) is 0 Å². The Morgan fingerprint density at radius 1 is 1.47 bits per heavy atom. The summed E-state index contributed by atoms with van der Waals surface area (Å²) in [6, 6.07) is 0. The van der Waals surface area contributed by atoms with E-state index < -0.39 is 0 Å². The Balaban J connectivity index is 2.33. The van der Waals surface area contributed by atoms with Crippen molar-refractivity contribution in [2.45, 2.75) is 13.5 Å². The SMILES string of the molecule is COCc1nnc(-c2no[n+]([O-])c2C)o1. The molecule has 0 unspecified atom stereocenters. The predicted molar refractivity (Wildman–Crippen MR) is 44.2 cm³/mol. The monoisotopic (exact) mass is 212 g/mol. The van der Waals surface area contributed by atoms with Crippen molar-refractivity contribution < 1.29 is 18.7 Å². The Morgan fingerprint density at radius 3 is 2.87 bits per heavy atom. The fraction of sp³-hybridized carbons (Fsp3) is 0.429. The van der Waals surface area contributed by atoms with Crippen molar-refractivity contribution in [3.63, 3.8) is 0 Å². The summed E-state index contributed by atoms with van der Waals surface area (Å²) in [4.78, 5) is 0.273. The highest BCUT2D eigenvalue weighted by Gasteiger charge is 2.22. The van der Waals surface area contributed by atoms with Gasteiger partial charge in [0.15, 0.2) is 0 Å². The largest absolute Gasteiger partial charge is 0.415 e. The van der Waals surface area contributed by atoms with Crippen LogP contribution in [0.15, 0.2) is 9.05 Å². The van der Waals surface area contributed by atoms with E-state index in [-0.39, 0.29) is 28.8 Å². The van der Waals surface area contributed by atoms with E-state index in [4.69, 9.17) is 9.15 Å². The molecule has 2 heterocycles. The molecule has 15 heavy (non-hydrogen) atoms. The van der Waals surface area contributed by atoms with E-state index in [1.807, 2.05) is 0 Å². The average molecular weight is 212 g/mol. The van der Waals surface area contributed by atoms with Crippen molar-refractivity contribution >= 4 is 0 Å². The molecule has 0 aromatic carbocycles. The highest BCUT2D eigenvalue weighted by molar-refractivity contribution is 5.46. The van der Waals surface area contributed by atoms with Crippen molar-refractivity contribution in [3.8, 4) is 11.6 Å². The number of methoxy groups -OCH3 is 1. The van der Waals surface area contributed by atoms with Gasteiger partial charge in [-0.2, -0.15) is 0 Å². The molecule has 0 fully saturated rings.